The van der Waals surface area contributed by atoms with Crippen molar-refractivity contribution < 1.29 is 9.90 Å². The van der Waals surface area contributed by atoms with Gasteiger partial charge in [-0.25, -0.2) is 0 Å². The average Bonchev–Trinajstić information content (AvgIpc) is 3.27. The number of para-hydroxylation sites is 1. The summed E-state index contributed by atoms with van der Waals surface area (Å²) in [5.41, 5.74) is 3.02. The summed E-state index contributed by atoms with van der Waals surface area (Å²) in [4.78, 5) is 17.2. The predicted molar refractivity (Wildman–Crippen MR) is 99.6 cm³/mol. The van der Waals surface area contributed by atoms with E-state index in [0.717, 1.165) is 36.9 Å². The zero-order valence-corrected chi connectivity index (χ0v) is 14.4. The minimum atomic E-state index is -0.00904. The van der Waals surface area contributed by atoms with Gasteiger partial charge in [-0.1, -0.05) is 18.7 Å². The standard InChI is InChI=1S/C20H20N4O2/c1-2-19(26)24-9-5-6-15(24)12-14-10-13-11-17(22-23-20(13)21-14)16-7-3-4-8-18(16)25/h2-4,7-8,10-11,15,25H,1,5-6,9,12H2,(H,21,23)/t15-/m1/s1. The summed E-state index contributed by atoms with van der Waals surface area (Å²) >= 11 is 0. The second-order valence-electron chi connectivity index (χ2n) is 6.58. The van der Waals surface area contributed by atoms with E-state index >= 15 is 0 Å². The number of phenols is 1. The van der Waals surface area contributed by atoms with Crippen LogP contribution in [0.1, 0.15) is 18.5 Å². The first-order valence-corrected chi connectivity index (χ1v) is 8.72. The van der Waals surface area contributed by atoms with Crippen LogP contribution >= 0.6 is 0 Å². The van der Waals surface area contributed by atoms with Crippen LogP contribution in [0, 0.1) is 0 Å². The molecule has 0 saturated carbocycles. The molecule has 0 spiro atoms. The van der Waals surface area contributed by atoms with Gasteiger partial charge in [0.25, 0.3) is 0 Å². The van der Waals surface area contributed by atoms with Gasteiger partial charge in [0.05, 0.1) is 5.69 Å². The van der Waals surface area contributed by atoms with Crippen molar-refractivity contribution in [3.8, 4) is 17.0 Å². The van der Waals surface area contributed by atoms with Gasteiger partial charge in [0, 0.05) is 35.7 Å². The third-order valence-corrected chi connectivity index (χ3v) is 4.90. The highest BCUT2D eigenvalue weighted by atomic mass is 16.3. The molecule has 0 unspecified atom stereocenters. The summed E-state index contributed by atoms with van der Waals surface area (Å²) in [7, 11) is 0. The van der Waals surface area contributed by atoms with Crippen molar-refractivity contribution in [3.63, 3.8) is 0 Å². The van der Waals surface area contributed by atoms with E-state index in [1.165, 1.54) is 6.08 Å². The zero-order chi connectivity index (χ0) is 18.1. The van der Waals surface area contributed by atoms with Crippen molar-refractivity contribution in [1.82, 2.24) is 20.1 Å². The van der Waals surface area contributed by atoms with Crippen LogP contribution in [0.15, 0.2) is 49.1 Å². The van der Waals surface area contributed by atoms with Crippen molar-refractivity contribution in [2.75, 3.05) is 6.54 Å². The monoisotopic (exact) mass is 348 g/mol. The fourth-order valence-electron chi connectivity index (χ4n) is 3.63. The third-order valence-electron chi connectivity index (χ3n) is 4.90. The molecule has 1 aromatic carbocycles. The summed E-state index contributed by atoms with van der Waals surface area (Å²) < 4.78 is 0. The SMILES string of the molecule is C=CC(=O)N1CCC[C@@H]1Cc1cc2cc(-c3ccccc3O)nnc2[nH]1. The maximum atomic E-state index is 12.0. The normalized spacial score (nSPS) is 16.9. The highest BCUT2D eigenvalue weighted by molar-refractivity contribution is 5.87. The average molecular weight is 348 g/mol. The van der Waals surface area contributed by atoms with Gasteiger partial charge in [0.15, 0.2) is 5.65 Å². The highest BCUT2D eigenvalue weighted by Gasteiger charge is 2.27. The number of nitrogens with zero attached hydrogens (tertiary/aromatic N) is 3. The molecule has 1 fully saturated rings. The molecular formula is C20H20N4O2. The number of nitrogens with one attached hydrogen (secondary N) is 1. The van der Waals surface area contributed by atoms with E-state index in [2.05, 4.69) is 21.8 Å². The number of aromatic hydroxyl groups is 1. The Morgan fingerprint density at radius 3 is 3.00 bits per heavy atom. The molecule has 6 heteroatoms. The topological polar surface area (TPSA) is 82.1 Å². The molecule has 1 aliphatic heterocycles. The van der Waals surface area contributed by atoms with Crippen LogP contribution in [0.3, 0.4) is 0 Å². The number of hydrogen-bond acceptors (Lipinski definition) is 4. The molecule has 3 heterocycles. The van der Waals surface area contributed by atoms with Crippen molar-refractivity contribution in [2.24, 2.45) is 0 Å². The van der Waals surface area contributed by atoms with Gasteiger partial charge in [-0.3, -0.25) is 4.79 Å². The van der Waals surface area contributed by atoms with E-state index in [9.17, 15) is 9.90 Å². The number of hydrogen-bond donors (Lipinski definition) is 2. The summed E-state index contributed by atoms with van der Waals surface area (Å²) in [5.74, 6) is 0.173. The molecule has 0 aliphatic carbocycles. The van der Waals surface area contributed by atoms with Gasteiger partial charge >= 0.3 is 0 Å². The van der Waals surface area contributed by atoms with E-state index in [-0.39, 0.29) is 17.7 Å². The summed E-state index contributed by atoms with van der Waals surface area (Å²) in [6, 6.07) is 11.2. The number of likely N-dealkylation sites (tertiary alicyclic amines) is 1. The number of rotatable bonds is 4. The number of aromatic nitrogens is 3. The number of aromatic amines is 1. The van der Waals surface area contributed by atoms with E-state index in [1.54, 1.807) is 12.1 Å². The molecule has 4 rings (SSSR count). The second kappa shape index (κ2) is 6.63. The van der Waals surface area contributed by atoms with Crippen LogP contribution in [0.5, 0.6) is 5.75 Å². The number of phenolic OH excluding ortho intramolecular Hbond substituents is 1. The van der Waals surface area contributed by atoms with Crippen LogP contribution < -0.4 is 0 Å². The lowest BCUT2D eigenvalue weighted by Gasteiger charge is -2.22. The molecule has 6 nitrogen and oxygen atoms in total. The Hall–Kier alpha value is -3.15. The lowest BCUT2D eigenvalue weighted by Crippen LogP contribution is -2.35. The van der Waals surface area contributed by atoms with Gasteiger partial charge in [0.2, 0.25) is 5.91 Å². The van der Waals surface area contributed by atoms with Crippen LogP contribution in [-0.4, -0.2) is 43.7 Å². The second-order valence-corrected chi connectivity index (χ2v) is 6.58. The molecule has 132 valence electrons. The number of fused-ring (bicyclic) bond motifs is 1. The van der Waals surface area contributed by atoms with Crippen LogP contribution in [0.4, 0.5) is 0 Å². The molecule has 1 atom stereocenters. The first kappa shape index (κ1) is 16.3. The van der Waals surface area contributed by atoms with Crippen LogP contribution in [0.25, 0.3) is 22.3 Å². The molecule has 1 saturated heterocycles. The van der Waals surface area contributed by atoms with E-state index < -0.39 is 0 Å². The van der Waals surface area contributed by atoms with Crippen molar-refractivity contribution in [1.29, 1.82) is 0 Å². The smallest absolute Gasteiger partial charge is 0.246 e. The van der Waals surface area contributed by atoms with E-state index in [1.807, 2.05) is 29.2 Å². The van der Waals surface area contributed by atoms with Crippen molar-refractivity contribution >= 4 is 16.9 Å². The molecular weight excluding hydrogens is 328 g/mol. The minimum absolute atomic E-state index is 0.00904. The van der Waals surface area contributed by atoms with Crippen LogP contribution in [-0.2, 0) is 11.2 Å². The quantitative estimate of drug-likeness (QED) is 0.710. The third kappa shape index (κ3) is 2.94. The fraction of sp³-hybridized carbons (Fsp3) is 0.250. The minimum Gasteiger partial charge on any atom is -0.507 e. The molecule has 1 aliphatic rings. The lowest BCUT2D eigenvalue weighted by atomic mass is 10.1. The van der Waals surface area contributed by atoms with E-state index in [4.69, 9.17) is 0 Å². The Bertz CT molecular complexity index is 979. The number of benzene rings is 1. The van der Waals surface area contributed by atoms with Gasteiger partial charge in [-0.2, -0.15) is 0 Å². The first-order chi connectivity index (χ1) is 12.7. The Balaban J connectivity index is 1.61. The van der Waals surface area contributed by atoms with E-state index in [0.29, 0.717) is 16.9 Å². The Labute approximate surface area is 151 Å². The lowest BCUT2D eigenvalue weighted by molar-refractivity contribution is -0.126. The predicted octanol–water partition coefficient (Wildman–Crippen LogP) is 3.05. The first-order valence-electron chi connectivity index (χ1n) is 8.72. The molecule has 1 amide bonds. The van der Waals surface area contributed by atoms with Crippen molar-refractivity contribution in [2.45, 2.75) is 25.3 Å². The van der Waals surface area contributed by atoms with Gasteiger partial charge in [0.1, 0.15) is 5.75 Å². The molecule has 0 radical (unpaired) electrons. The molecule has 3 aromatic rings. The Morgan fingerprint density at radius 2 is 2.19 bits per heavy atom. The highest BCUT2D eigenvalue weighted by Crippen LogP contribution is 2.29. The Morgan fingerprint density at radius 1 is 1.35 bits per heavy atom. The molecule has 26 heavy (non-hydrogen) atoms. The van der Waals surface area contributed by atoms with Gasteiger partial charge in [-0.15, -0.1) is 10.2 Å². The number of carbonyl (C=O) groups excluding carboxylic acids is 1. The number of H-pyrrole nitrogens is 1. The summed E-state index contributed by atoms with van der Waals surface area (Å²) in [6.07, 6.45) is 4.14. The summed E-state index contributed by atoms with van der Waals surface area (Å²) in [6.45, 7) is 4.37. The van der Waals surface area contributed by atoms with Gasteiger partial charge in [-0.05, 0) is 43.2 Å². The zero-order valence-electron chi connectivity index (χ0n) is 14.4. The maximum Gasteiger partial charge on any atom is 0.246 e. The summed E-state index contributed by atoms with van der Waals surface area (Å²) in [5, 5.41) is 19.4. The van der Waals surface area contributed by atoms with Crippen LogP contribution in [0.2, 0.25) is 0 Å². The van der Waals surface area contributed by atoms with Gasteiger partial charge < -0.3 is 15.0 Å². The number of amides is 1. The maximum absolute atomic E-state index is 12.0. The molecule has 2 aromatic heterocycles. The fourth-order valence-corrected chi connectivity index (χ4v) is 3.63. The number of carbonyl (C=O) groups is 1. The Kier molecular flexibility index (Phi) is 4.16. The molecule has 0 bridgehead atoms. The molecule has 2 N–H and O–H groups in total. The largest absolute Gasteiger partial charge is 0.507 e. The van der Waals surface area contributed by atoms with Crippen molar-refractivity contribution in [3.05, 3.63) is 54.7 Å².